The van der Waals surface area contributed by atoms with E-state index in [9.17, 15) is 4.79 Å². The third-order valence-corrected chi connectivity index (χ3v) is 5.85. The first kappa shape index (κ1) is 27.7. The first-order chi connectivity index (χ1) is 13.8. The van der Waals surface area contributed by atoms with Crippen molar-refractivity contribution in [3.63, 3.8) is 0 Å². The number of unbranched alkanes of at least 4 members (excludes halogenated alkanes) is 18. The molecule has 0 aliphatic carbocycles. The molecule has 0 N–H and O–H groups in total. The molecule has 0 heterocycles. The number of carbonyl (C=O) groups excluding carboxylic acids is 1. The van der Waals surface area contributed by atoms with Gasteiger partial charge in [0.05, 0.1) is 0 Å². The van der Waals surface area contributed by atoms with Gasteiger partial charge in [-0.2, -0.15) is 0 Å². The highest BCUT2D eigenvalue weighted by Gasteiger charge is 1.96. The molecule has 0 fully saturated rings. The van der Waals surface area contributed by atoms with E-state index in [1.807, 2.05) is 6.08 Å². The summed E-state index contributed by atoms with van der Waals surface area (Å²) in [6, 6.07) is 0. The van der Waals surface area contributed by atoms with E-state index in [4.69, 9.17) is 11.6 Å². The lowest BCUT2D eigenvalue weighted by molar-refractivity contribution is -0.114. The van der Waals surface area contributed by atoms with E-state index in [0.29, 0.717) is 12.3 Å². The number of hydrogen-bond donors (Lipinski definition) is 0. The summed E-state index contributed by atoms with van der Waals surface area (Å²) in [4.78, 5) is 11.4. The van der Waals surface area contributed by atoms with Gasteiger partial charge in [0.1, 0.15) is 0 Å². The number of hydrogen-bond acceptors (Lipinski definition) is 1. The van der Waals surface area contributed by atoms with Crippen molar-refractivity contribution < 1.29 is 4.79 Å². The fraction of sp³-hybridized carbons (Fsp3) is 0.885. The van der Waals surface area contributed by atoms with Gasteiger partial charge in [0.15, 0.2) is 5.78 Å². The summed E-state index contributed by atoms with van der Waals surface area (Å²) < 4.78 is 0. The summed E-state index contributed by atoms with van der Waals surface area (Å²) in [5.41, 5.74) is 0. The van der Waals surface area contributed by atoms with E-state index in [-0.39, 0.29) is 5.78 Å². The highest BCUT2D eigenvalue weighted by atomic mass is 35.5. The van der Waals surface area contributed by atoms with Crippen LogP contribution in [0.5, 0.6) is 0 Å². The molecule has 0 rings (SSSR count). The smallest absolute Gasteiger partial charge is 0.155 e. The second kappa shape index (κ2) is 24.7. The van der Waals surface area contributed by atoms with E-state index in [2.05, 4.69) is 6.92 Å². The molecule has 2 heteroatoms. The zero-order chi connectivity index (χ0) is 20.5. The number of halogens is 1. The molecule has 0 spiro atoms. The molecule has 0 aromatic heterocycles. The van der Waals surface area contributed by atoms with Crippen molar-refractivity contribution in [3.05, 3.63) is 12.2 Å². The Balaban J connectivity index is 3.10. The molecule has 0 bridgehead atoms. The second-order valence-corrected chi connectivity index (χ2v) is 8.84. The summed E-state index contributed by atoms with van der Waals surface area (Å²) in [7, 11) is 0. The Hall–Kier alpha value is -0.300. The Labute approximate surface area is 182 Å². The van der Waals surface area contributed by atoms with Gasteiger partial charge in [0, 0.05) is 12.3 Å². The fourth-order valence-electron chi connectivity index (χ4n) is 3.70. The van der Waals surface area contributed by atoms with Crippen molar-refractivity contribution in [2.45, 2.75) is 142 Å². The van der Waals surface area contributed by atoms with E-state index in [1.165, 1.54) is 116 Å². The maximum Gasteiger partial charge on any atom is 0.155 e. The molecule has 0 radical (unpaired) electrons. The molecule has 0 saturated carbocycles. The maximum atomic E-state index is 11.4. The zero-order valence-corrected chi connectivity index (χ0v) is 19.8. The van der Waals surface area contributed by atoms with Gasteiger partial charge in [-0.15, -0.1) is 11.6 Å². The Morgan fingerprint density at radius 3 is 1.39 bits per heavy atom. The molecule has 0 aliphatic heterocycles. The topological polar surface area (TPSA) is 17.1 Å². The van der Waals surface area contributed by atoms with E-state index in [0.717, 1.165) is 12.8 Å². The van der Waals surface area contributed by atoms with Crippen LogP contribution in [0.15, 0.2) is 12.2 Å². The third kappa shape index (κ3) is 23.7. The summed E-state index contributed by atoms with van der Waals surface area (Å²) in [6.07, 6.45) is 31.6. The number of ketones is 1. The summed E-state index contributed by atoms with van der Waals surface area (Å²) >= 11 is 5.59. The predicted octanol–water partition coefficient (Wildman–Crippen LogP) is 9.56. The fourth-order valence-corrected chi connectivity index (χ4v) is 3.84. The van der Waals surface area contributed by atoms with Gasteiger partial charge in [0.2, 0.25) is 0 Å². The lowest BCUT2D eigenvalue weighted by Gasteiger charge is -2.03. The van der Waals surface area contributed by atoms with Crippen LogP contribution in [0.4, 0.5) is 0 Å². The number of alkyl halides is 1. The number of rotatable bonds is 23. The minimum atomic E-state index is 0.225. The van der Waals surface area contributed by atoms with Crippen LogP contribution in [0.1, 0.15) is 142 Å². The molecule has 166 valence electrons. The molecule has 0 unspecified atom stereocenters. The first-order valence-electron chi connectivity index (χ1n) is 12.6. The predicted molar refractivity (Wildman–Crippen MR) is 127 cm³/mol. The molecule has 0 aromatic carbocycles. The summed E-state index contributed by atoms with van der Waals surface area (Å²) in [5.74, 6) is 0.807. The molecule has 0 aromatic rings. The average molecular weight is 413 g/mol. The highest BCUT2D eigenvalue weighted by Crippen LogP contribution is 2.14. The third-order valence-electron chi connectivity index (χ3n) is 5.58. The Bertz CT molecular complexity index is 337. The van der Waals surface area contributed by atoms with E-state index >= 15 is 0 Å². The van der Waals surface area contributed by atoms with Gasteiger partial charge < -0.3 is 0 Å². The van der Waals surface area contributed by atoms with Gasteiger partial charge in [0.25, 0.3) is 0 Å². The van der Waals surface area contributed by atoms with Crippen molar-refractivity contribution >= 4 is 17.4 Å². The minimum absolute atomic E-state index is 0.225. The molecule has 28 heavy (non-hydrogen) atoms. The van der Waals surface area contributed by atoms with Crippen LogP contribution in [0.2, 0.25) is 0 Å². The van der Waals surface area contributed by atoms with Crippen molar-refractivity contribution in [1.82, 2.24) is 0 Å². The molecular formula is C26H49ClO. The van der Waals surface area contributed by atoms with Crippen molar-refractivity contribution in [3.8, 4) is 0 Å². The Morgan fingerprint density at radius 1 is 0.607 bits per heavy atom. The summed E-state index contributed by atoms with van der Waals surface area (Å²) in [6.45, 7) is 2.29. The molecule has 0 amide bonds. The van der Waals surface area contributed by atoms with E-state index in [1.54, 1.807) is 6.08 Å². The minimum Gasteiger partial charge on any atom is -0.295 e. The lowest BCUT2D eigenvalue weighted by atomic mass is 10.0. The van der Waals surface area contributed by atoms with Gasteiger partial charge in [-0.25, -0.2) is 0 Å². The monoisotopic (exact) mass is 412 g/mol. The molecule has 0 aliphatic rings. The van der Waals surface area contributed by atoms with Crippen LogP contribution in [0.25, 0.3) is 0 Å². The van der Waals surface area contributed by atoms with Crippen LogP contribution in [0.3, 0.4) is 0 Å². The highest BCUT2D eigenvalue weighted by molar-refractivity contribution is 6.18. The summed E-state index contributed by atoms with van der Waals surface area (Å²) in [5, 5.41) is 0. The standard InChI is InChI=1S/C26H49ClO/c1-2-3-4-5-6-7-8-9-10-11-12-13-14-15-16-17-18-19-20-21-23-26(28)24-22-25-27/h21,23H,2-20,22,24-25H2,1H3. The van der Waals surface area contributed by atoms with Gasteiger partial charge >= 0.3 is 0 Å². The van der Waals surface area contributed by atoms with E-state index < -0.39 is 0 Å². The largest absolute Gasteiger partial charge is 0.295 e. The van der Waals surface area contributed by atoms with Gasteiger partial charge in [-0.1, -0.05) is 122 Å². The van der Waals surface area contributed by atoms with Crippen LogP contribution >= 0.6 is 11.6 Å². The van der Waals surface area contributed by atoms with Gasteiger partial charge in [-0.3, -0.25) is 4.79 Å². The van der Waals surface area contributed by atoms with Crippen molar-refractivity contribution in [2.75, 3.05) is 5.88 Å². The SMILES string of the molecule is CCCCCCCCCCCCCCCCCCCCC=CC(=O)CCCCl. The maximum absolute atomic E-state index is 11.4. The molecular weight excluding hydrogens is 364 g/mol. The lowest BCUT2D eigenvalue weighted by Crippen LogP contribution is -1.92. The van der Waals surface area contributed by atoms with Crippen LogP contribution in [0, 0.1) is 0 Å². The number of allylic oxidation sites excluding steroid dienone is 2. The van der Waals surface area contributed by atoms with Crippen molar-refractivity contribution in [1.29, 1.82) is 0 Å². The zero-order valence-electron chi connectivity index (χ0n) is 19.0. The average Bonchev–Trinajstić information content (AvgIpc) is 2.70. The Morgan fingerprint density at radius 2 is 1.00 bits per heavy atom. The van der Waals surface area contributed by atoms with Crippen LogP contribution in [-0.2, 0) is 4.79 Å². The first-order valence-corrected chi connectivity index (χ1v) is 13.1. The normalized spacial score (nSPS) is 11.5. The number of carbonyl (C=O) groups is 1. The van der Waals surface area contributed by atoms with Gasteiger partial charge in [-0.05, 0) is 25.3 Å². The Kier molecular flexibility index (Phi) is 24.5. The quantitative estimate of drug-likeness (QED) is 0.0926. The molecule has 1 nitrogen and oxygen atoms in total. The molecule has 0 saturated heterocycles. The van der Waals surface area contributed by atoms with Crippen LogP contribution in [-0.4, -0.2) is 11.7 Å². The van der Waals surface area contributed by atoms with Crippen molar-refractivity contribution in [2.24, 2.45) is 0 Å². The second-order valence-electron chi connectivity index (χ2n) is 8.46. The molecule has 0 atom stereocenters. The van der Waals surface area contributed by atoms with Crippen LogP contribution < -0.4 is 0 Å².